The molecule has 246 valence electrons. The van der Waals surface area contributed by atoms with Gasteiger partial charge in [0, 0.05) is 60.2 Å². The highest BCUT2D eigenvalue weighted by atomic mass is 15.4. The predicted molar refractivity (Wildman–Crippen MR) is 182 cm³/mol. The van der Waals surface area contributed by atoms with Crippen LogP contribution in [0.2, 0.25) is 0 Å². The Morgan fingerprint density at radius 2 is 0.595 bits per heavy atom. The highest BCUT2D eigenvalue weighted by molar-refractivity contribution is 4.82. The van der Waals surface area contributed by atoms with Crippen molar-refractivity contribution in [1.82, 2.24) is 0 Å². The van der Waals surface area contributed by atoms with Crippen LogP contribution >= 0.6 is 0 Å². The van der Waals surface area contributed by atoms with E-state index in [9.17, 15) is 0 Å². The first-order valence-corrected chi connectivity index (χ1v) is 19.0. The number of unbranched alkanes of at least 4 members (excludes halogenated alkanes) is 1. The maximum Gasteiger partial charge on any atom is 0.0818 e. The van der Waals surface area contributed by atoms with E-state index in [2.05, 4.69) is 70.0 Å². The Morgan fingerprint density at radius 3 is 0.905 bits per heavy atom. The Morgan fingerprint density at radius 1 is 0.357 bits per heavy atom. The van der Waals surface area contributed by atoms with Crippen molar-refractivity contribution in [1.29, 1.82) is 0 Å². The second kappa shape index (κ2) is 14.1. The van der Waals surface area contributed by atoms with E-state index in [4.69, 9.17) is 0 Å². The van der Waals surface area contributed by atoms with Gasteiger partial charge in [-0.15, -0.1) is 0 Å². The van der Waals surface area contributed by atoms with Crippen molar-refractivity contribution >= 4 is 0 Å². The molecule has 4 fully saturated rings. The monoisotopic (exact) mass is 591 g/mol. The summed E-state index contributed by atoms with van der Waals surface area (Å²) in [6.45, 7) is 24.2. The maximum absolute atomic E-state index is 2.62. The van der Waals surface area contributed by atoms with Crippen LogP contribution in [0.15, 0.2) is 0 Å². The molecule has 10 atom stereocenters. The van der Waals surface area contributed by atoms with E-state index in [1.165, 1.54) is 148 Å². The van der Waals surface area contributed by atoms with E-state index < -0.39 is 0 Å². The van der Waals surface area contributed by atoms with Gasteiger partial charge in [-0.2, -0.15) is 0 Å². The molecule has 4 heteroatoms. The summed E-state index contributed by atoms with van der Waals surface area (Å²) in [6, 6.07) is 0. The summed E-state index contributed by atoms with van der Waals surface area (Å²) in [5, 5.41) is 0. The van der Waals surface area contributed by atoms with E-state index in [0.717, 1.165) is 47.3 Å². The topological polar surface area (TPSA) is 0 Å². The lowest BCUT2D eigenvalue weighted by Gasteiger charge is -2.33. The summed E-state index contributed by atoms with van der Waals surface area (Å²) < 4.78 is 5.25. The number of hydrogen-bond acceptors (Lipinski definition) is 0. The number of likely N-dealkylation sites (tertiary alicyclic amines) is 4. The molecule has 0 saturated carbocycles. The predicted octanol–water partition coefficient (Wildman–Crippen LogP) is 7.00. The fourth-order valence-electron chi connectivity index (χ4n) is 11.7. The molecular weight excluding hydrogens is 512 g/mol. The lowest BCUT2D eigenvalue weighted by Crippen LogP contribution is -2.45. The molecule has 4 rings (SSSR count). The Bertz CT molecular complexity index is 771. The van der Waals surface area contributed by atoms with Crippen LogP contribution in [0, 0.1) is 47.3 Å². The van der Waals surface area contributed by atoms with Crippen molar-refractivity contribution in [3.05, 3.63) is 0 Å². The molecule has 0 spiro atoms. The minimum Gasteiger partial charge on any atom is -0.328 e. The molecule has 8 unspecified atom stereocenters. The van der Waals surface area contributed by atoms with Gasteiger partial charge in [0.05, 0.1) is 108 Å². The lowest BCUT2D eigenvalue weighted by molar-refractivity contribution is -0.906. The van der Waals surface area contributed by atoms with E-state index in [1.54, 1.807) is 0 Å². The first-order chi connectivity index (χ1) is 19.7. The Labute approximate surface area is 264 Å². The number of rotatable bonds is 15. The SMILES string of the molecule is CCC1C[N+](C)(C)CC1CCC1C[N@@+](C)(CCCC[N@+]2(C)CC(CC)C(CCC3C[N+](C)(C)CC3CC)C2)CC1CC. The van der Waals surface area contributed by atoms with Gasteiger partial charge >= 0.3 is 0 Å². The van der Waals surface area contributed by atoms with Crippen LogP contribution in [-0.4, -0.2) is 126 Å². The van der Waals surface area contributed by atoms with Crippen LogP contribution in [0.25, 0.3) is 0 Å². The average Bonchev–Trinajstić information content (AvgIpc) is 3.63. The summed E-state index contributed by atoms with van der Waals surface area (Å²) >= 11 is 0. The second-order valence-electron chi connectivity index (χ2n) is 18.6. The fraction of sp³-hybridized carbons (Fsp3) is 1.00. The van der Waals surface area contributed by atoms with Gasteiger partial charge in [-0.1, -0.05) is 27.7 Å². The van der Waals surface area contributed by atoms with Crippen LogP contribution in [0.3, 0.4) is 0 Å². The third-order valence-electron chi connectivity index (χ3n) is 13.8. The maximum atomic E-state index is 2.62. The van der Waals surface area contributed by atoms with E-state index in [1.807, 2.05) is 0 Å². The molecule has 0 bridgehead atoms. The van der Waals surface area contributed by atoms with Crippen LogP contribution in [-0.2, 0) is 0 Å². The number of hydrogen-bond donors (Lipinski definition) is 0. The van der Waals surface area contributed by atoms with Crippen molar-refractivity contribution in [2.45, 2.75) is 91.9 Å². The summed E-state index contributed by atoms with van der Waals surface area (Å²) in [4.78, 5) is 0. The van der Waals surface area contributed by atoms with Crippen LogP contribution in [0.4, 0.5) is 0 Å². The molecule has 0 aromatic heterocycles. The zero-order chi connectivity index (χ0) is 30.8. The number of nitrogens with zero attached hydrogens (tertiary/aromatic N) is 4. The molecule has 0 N–H and O–H groups in total. The zero-order valence-electron chi connectivity index (χ0n) is 30.5. The highest BCUT2D eigenvalue weighted by Gasteiger charge is 2.45. The molecule has 0 aromatic carbocycles. The molecule has 4 heterocycles. The summed E-state index contributed by atoms with van der Waals surface area (Å²) in [7, 11) is 15.1. The third-order valence-corrected chi connectivity index (χ3v) is 13.8. The Kier molecular flexibility index (Phi) is 11.6. The zero-order valence-corrected chi connectivity index (χ0v) is 30.5. The fourth-order valence-corrected chi connectivity index (χ4v) is 11.7. The quantitative estimate of drug-likeness (QED) is 0.142. The third kappa shape index (κ3) is 8.76. The van der Waals surface area contributed by atoms with Crippen molar-refractivity contribution in [3.63, 3.8) is 0 Å². The van der Waals surface area contributed by atoms with Crippen molar-refractivity contribution in [2.24, 2.45) is 47.3 Å². The molecule has 4 aliphatic rings. The summed E-state index contributed by atoms with van der Waals surface area (Å²) in [6.07, 6.45) is 14.4. The highest BCUT2D eigenvalue weighted by Crippen LogP contribution is 2.40. The molecule has 42 heavy (non-hydrogen) atoms. The molecule has 4 nitrogen and oxygen atoms in total. The van der Waals surface area contributed by atoms with Crippen LogP contribution in [0.1, 0.15) is 91.9 Å². The van der Waals surface area contributed by atoms with Gasteiger partial charge in [-0.05, 0) is 51.4 Å². The molecular formula is C38H78N4+4. The first-order valence-electron chi connectivity index (χ1n) is 19.0. The average molecular weight is 591 g/mol. The van der Waals surface area contributed by atoms with Gasteiger partial charge in [0.2, 0.25) is 0 Å². The van der Waals surface area contributed by atoms with Gasteiger partial charge in [0.1, 0.15) is 0 Å². The van der Waals surface area contributed by atoms with Crippen molar-refractivity contribution < 1.29 is 17.9 Å². The van der Waals surface area contributed by atoms with E-state index in [-0.39, 0.29) is 0 Å². The van der Waals surface area contributed by atoms with Gasteiger partial charge < -0.3 is 17.9 Å². The molecule has 4 saturated heterocycles. The Balaban J connectivity index is 1.20. The Hall–Kier alpha value is -0.160. The smallest absolute Gasteiger partial charge is 0.0818 e. The van der Waals surface area contributed by atoms with E-state index >= 15 is 0 Å². The normalized spacial score (nSPS) is 43.0. The minimum atomic E-state index is 0.963. The van der Waals surface area contributed by atoms with Gasteiger partial charge in [-0.25, -0.2) is 0 Å². The van der Waals surface area contributed by atoms with E-state index in [0.29, 0.717) is 0 Å². The second-order valence-corrected chi connectivity index (χ2v) is 18.6. The van der Waals surface area contributed by atoms with Crippen molar-refractivity contribution in [3.8, 4) is 0 Å². The summed E-state index contributed by atoms with van der Waals surface area (Å²) in [5.41, 5.74) is 0. The molecule has 0 radical (unpaired) electrons. The van der Waals surface area contributed by atoms with Gasteiger partial charge in [0.25, 0.3) is 0 Å². The van der Waals surface area contributed by atoms with Gasteiger partial charge in [0.15, 0.2) is 0 Å². The van der Waals surface area contributed by atoms with Crippen LogP contribution in [0.5, 0.6) is 0 Å². The minimum absolute atomic E-state index is 0.963. The molecule has 4 aliphatic heterocycles. The summed E-state index contributed by atoms with van der Waals surface area (Å²) in [5.74, 6) is 7.74. The number of quaternary nitrogens is 4. The largest absolute Gasteiger partial charge is 0.328 e. The van der Waals surface area contributed by atoms with Crippen molar-refractivity contribution in [2.75, 3.05) is 108 Å². The first kappa shape index (κ1) is 34.7. The molecule has 0 aromatic rings. The standard InChI is InChI=1S/C38H78N4/c1-11-31-23-39(5,6)25-35(31)17-19-37-29-41(9,27-33(37)13-3)21-15-16-22-42(10)28-34(14-4)38(30-42)20-18-36-26-40(7,8)24-32(36)12-2/h31-38H,11-30H2,1-10H3/q+4/t31?,32?,33?,34?,35?,36?,37?,38?,41-,42+. The van der Waals surface area contributed by atoms with Crippen LogP contribution < -0.4 is 0 Å². The molecule has 0 aliphatic carbocycles. The van der Waals surface area contributed by atoms with Gasteiger partial charge in [-0.3, -0.25) is 0 Å². The lowest BCUT2D eigenvalue weighted by atomic mass is 9.83. The molecule has 0 amide bonds.